The van der Waals surface area contributed by atoms with Crippen LogP contribution in [0.2, 0.25) is 5.02 Å². The topological polar surface area (TPSA) is 69.6 Å². The standard InChI is InChI=1S/C10H12ClN5/c1-6(2)8-3-4-16(15-8)9-7(11)5-13-10(12)14-9/h3-6H,1-2H3,(H2,12,13,14). The van der Waals surface area contributed by atoms with Gasteiger partial charge in [-0.15, -0.1) is 0 Å². The van der Waals surface area contributed by atoms with Crippen molar-refractivity contribution < 1.29 is 0 Å². The lowest BCUT2D eigenvalue weighted by molar-refractivity contribution is 0.757. The Morgan fingerprint density at radius 2 is 2.19 bits per heavy atom. The molecule has 0 bridgehead atoms. The molecule has 0 unspecified atom stereocenters. The Balaban J connectivity index is 2.46. The molecule has 84 valence electrons. The number of rotatable bonds is 2. The van der Waals surface area contributed by atoms with Crippen LogP contribution in [0.3, 0.4) is 0 Å². The first kappa shape index (κ1) is 10.9. The van der Waals surface area contributed by atoms with Crippen molar-refractivity contribution in [2.75, 3.05) is 5.73 Å². The Morgan fingerprint density at radius 3 is 2.81 bits per heavy atom. The van der Waals surface area contributed by atoms with E-state index in [1.807, 2.05) is 12.3 Å². The Bertz CT molecular complexity index is 506. The van der Waals surface area contributed by atoms with Crippen LogP contribution in [0.4, 0.5) is 5.95 Å². The van der Waals surface area contributed by atoms with Crippen molar-refractivity contribution in [2.45, 2.75) is 19.8 Å². The number of nitrogen functional groups attached to an aromatic ring is 1. The molecule has 0 spiro atoms. The molecular formula is C10H12ClN5. The minimum Gasteiger partial charge on any atom is -0.368 e. The SMILES string of the molecule is CC(C)c1ccn(-c2nc(N)ncc2Cl)n1. The maximum Gasteiger partial charge on any atom is 0.222 e. The molecule has 2 aromatic heterocycles. The summed E-state index contributed by atoms with van der Waals surface area (Å²) >= 11 is 5.98. The van der Waals surface area contributed by atoms with E-state index in [0.29, 0.717) is 16.8 Å². The zero-order chi connectivity index (χ0) is 11.7. The van der Waals surface area contributed by atoms with Gasteiger partial charge in [0.1, 0.15) is 5.02 Å². The lowest BCUT2D eigenvalue weighted by Crippen LogP contribution is -2.04. The molecule has 2 N–H and O–H groups in total. The van der Waals surface area contributed by atoms with E-state index >= 15 is 0 Å². The van der Waals surface area contributed by atoms with Gasteiger partial charge in [-0.05, 0) is 12.0 Å². The van der Waals surface area contributed by atoms with Crippen molar-refractivity contribution >= 4 is 17.5 Å². The van der Waals surface area contributed by atoms with Gasteiger partial charge in [-0.2, -0.15) is 10.1 Å². The summed E-state index contributed by atoms with van der Waals surface area (Å²) in [7, 11) is 0. The highest BCUT2D eigenvalue weighted by Crippen LogP contribution is 2.19. The molecule has 2 heterocycles. The van der Waals surface area contributed by atoms with Gasteiger partial charge in [0, 0.05) is 6.20 Å². The molecule has 0 aliphatic heterocycles. The van der Waals surface area contributed by atoms with Crippen LogP contribution in [0.15, 0.2) is 18.5 Å². The first-order valence-corrected chi connectivity index (χ1v) is 5.29. The largest absolute Gasteiger partial charge is 0.368 e. The fourth-order valence-electron chi connectivity index (χ4n) is 1.30. The van der Waals surface area contributed by atoms with Crippen LogP contribution >= 0.6 is 11.6 Å². The van der Waals surface area contributed by atoms with Gasteiger partial charge < -0.3 is 5.73 Å². The second-order valence-corrected chi connectivity index (χ2v) is 4.15. The fraction of sp³-hybridized carbons (Fsp3) is 0.300. The molecule has 16 heavy (non-hydrogen) atoms. The number of hydrogen-bond acceptors (Lipinski definition) is 4. The monoisotopic (exact) mass is 237 g/mol. The summed E-state index contributed by atoms with van der Waals surface area (Å²) in [5.41, 5.74) is 6.49. The van der Waals surface area contributed by atoms with Crippen LogP contribution in [-0.2, 0) is 0 Å². The number of hydrogen-bond donors (Lipinski definition) is 1. The highest BCUT2D eigenvalue weighted by molar-refractivity contribution is 6.32. The second kappa shape index (κ2) is 4.09. The van der Waals surface area contributed by atoms with Crippen LogP contribution in [0.5, 0.6) is 0 Å². The molecule has 0 aromatic carbocycles. The summed E-state index contributed by atoms with van der Waals surface area (Å²) in [6, 6.07) is 1.93. The van der Waals surface area contributed by atoms with Gasteiger partial charge in [-0.1, -0.05) is 25.4 Å². The van der Waals surface area contributed by atoms with Gasteiger partial charge in [-0.3, -0.25) is 0 Å². The molecule has 0 amide bonds. The number of nitrogens with zero attached hydrogens (tertiary/aromatic N) is 4. The average molecular weight is 238 g/mol. The molecule has 5 nitrogen and oxygen atoms in total. The van der Waals surface area contributed by atoms with E-state index in [9.17, 15) is 0 Å². The molecule has 0 fully saturated rings. The maximum atomic E-state index is 5.98. The second-order valence-electron chi connectivity index (χ2n) is 3.74. The molecule has 2 rings (SSSR count). The van der Waals surface area contributed by atoms with Gasteiger partial charge in [0.05, 0.1) is 11.9 Å². The quantitative estimate of drug-likeness (QED) is 0.868. The molecule has 0 atom stereocenters. The van der Waals surface area contributed by atoms with Crippen LogP contribution in [0.1, 0.15) is 25.5 Å². The molecule has 2 aromatic rings. The normalized spacial score (nSPS) is 11.0. The summed E-state index contributed by atoms with van der Waals surface area (Å²) in [6.45, 7) is 4.14. The van der Waals surface area contributed by atoms with Crippen molar-refractivity contribution in [1.82, 2.24) is 19.7 Å². The predicted molar refractivity (Wildman–Crippen MR) is 62.7 cm³/mol. The zero-order valence-corrected chi connectivity index (χ0v) is 9.81. The summed E-state index contributed by atoms with van der Waals surface area (Å²) < 4.78 is 1.61. The van der Waals surface area contributed by atoms with E-state index in [4.69, 9.17) is 17.3 Å². The van der Waals surface area contributed by atoms with Crippen molar-refractivity contribution in [2.24, 2.45) is 0 Å². The summed E-state index contributed by atoms with van der Waals surface area (Å²) in [6.07, 6.45) is 3.28. The lowest BCUT2D eigenvalue weighted by Gasteiger charge is -2.03. The molecule has 6 heteroatoms. The summed E-state index contributed by atoms with van der Waals surface area (Å²) in [4.78, 5) is 7.85. The van der Waals surface area contributed by atoms with Gasteiger partial charge >= 0.3 is 0 Å². The average Bonchev–Trinajstić information content (AvgIpc) is 2.70. The van der Waals surface area contributed by atoms with E-state index in [-0.39, 0.29) is 5.95 Å². The zero-order valence-electron chi connectivity index (χ0n) is 9.05. The van der Waals surface area contributed by atoms with E-state index in [1.165, 1.54) is 6.20 Å². The summed E-state index contributed by atoms with van der Waals surface area (Å²) in [5.74, 6) is 1.04. The van der Waals surface area contributed by atoms with Crippen LogP contribution in [0.25, 0.3) is 5.82 Å². The molecule has 0 saturated heterocycles. The molecular weight excluding hydrogens is 226 g/mol. The van der Waals surface area contributed by atoms with E-state index in [2.05, 4.69) is 28.9 Å². The minimum absolute atomic E-state index is 0.181. The smallest absolute Gasteiger partial charge is 0.222 e. The van der Waals surface area contributed by atoms with Gasteiger partial charge in [0.15, 0.2) is 5.82 Å². The van der Waals surface area contributed by atoms with Crippen molar-refractivity contribution in [3.63, 3.8) is 0 Å². The first-order valence-electron chi connectivity index (χ1n) is 4.92. The molecule has 0 aliphatic carbocycles. The predicted octanol–water partition coefficient (Wildman–Crippen LogP) is 2.02. The first-order chi connectivity index (χ1) is 7.58. The van der Waals surface area contributed by atoms with E-state index < -0.39 is 0 Å². The van der Waals surface area contributed by atoms with Crippen LogP contribution in [0, 0.1) is 0 Å². The number of nitrogens with two attached hydrogens (primary N) is 1. The van der Waals surface area contributed by atoms with Crippen LogP contribution < -0.4 is 5.73 Å². The maximum absolute atomic E-state index is 5.98. The molecule has 0 aliphatic rings. The van der Waals surface area contributed by atoms with E-state index in [0.717, 1.165) is 5.69 Å². The Hall–Kier alpha value is -1.62. The highest BCUT2D eigenvalue weighted by atomic mass is 35.5. The van der Waals surface area contributed by atoms with Crippen LogP contribution in [-0.4, -0.2) is 19.7 Å². The van der Waals surface area contributed by atoms with Gasteiger partial charge in [0.25, 0.3) is 0 Å². The van der Waals surface area contributed by atoms with Gasteiger partial charge in [0.2, 0.25) is 5.95 Å². The molecule has 0 saturated carbocycles. The number of halogens is 1. The third kappa shape index (κ3) is 1.99. The third-order valence-electron chi connectivity index (χ3n) is 2.16. The highest BCUT2D eigenvalue weighted by Gasteiger charge is 2.09. The van der Waals surface area contributed by atoms with E-state index in [1.54, 1.807) is 4.68 Å². The third-order valence-corrected chi connectivity index (χ3v) is 2.43. The minimum atomic E-state index is 0.181. The van der Waals surface area contributed by atoms with Gasteiger partial charge in [-0.25, -0.2) is 9.67 Å². The lowest BCUT2D eigenvalue weighted by atomic mass is 10.1. The van der Waals surface area contributed by atoms with Crippen molar-refractivity contribution in [1.29, 1.82) is 0 Å². The Labute approximate surface area is 98.3 Å². The molecule has 0 radical (unpaired) electrons. The summed E-state index contributed by atoms with van der Waals surface area (Å²) in [5, 5.41) is 4.79. The Kier molecular flexibility index (Phi) is 2.78. The number of anilines is 1. The number of aromatic nitrogens is 4. The van der Waals surface area contributed by atoms with Crippen molar-refractivity contribution in [3.8, 4) is 5.82 Å². The Morgan fingerprint density at radius 1 is 1.44 bits per heavy atom. The fourth-order valence-corrected chi connectivity index (χ4v) is 1.47. The van der Waals surface area contributed by atoms with Crippen molar-refractivity contribution in [3.05, 3.63) is 29.2 Å².